The van der Waals surface area contributed by atoms with Crippen molar-refractivity contribution < 1.29 is 23.5 Å². The summed E-state index contributed by atoms with van der Waals surface area (Å²) in [5.41, 5.74) is 10.4. The topological polar surface area (TPSA) is 248 Å². The molecule has 1 fully saturated rings. The number of aliphatic imine (C=N–C) groups is 2. The monoisotopic (exact) mass is 900 g/mol. The number of rotatable bonds is 10. The van der Waals surface area contributed by atoms with Crippen molar-refractivity contribution in [1.82, 2.24) is 50.5 Å². The summed E-state index contributed by atoms with van der Waals surface area (Å²) in [6, 6.07) is 18.0. The largest absolute Gasteiger partial charge is 0.481 e. The second-order valence-electron chi connectivity index (χ2n) is 17.0. The van der Waals surface area contributed by atoms with Crippen LogP contribution in [-0.2, 0) is 48.1 Å². The molecule has 4 N–H and O–H groups in total. The first-order chi connectivity index (χ1) is 32.8. The number of carboxylic acid groups (broad SMARTS) is 1. The molecule has 0 saturated carbocycles. The lowest BCUT2D eigenvalue weighted by Crippen LogP contribution is -2.37. The van der Waals surface area contributed by atoms with Gasteiger partial charge in [-0.3, -0.25) is 19.6 Å². The van der Waals surface area contributed by atoms with Gasteiger partial charge in [-0.05, 0) is 78.1 Å². The van der Waals surface area contributed by atoms with Crippen molar-refractivity contribution >= 4 is 36.2 Å². The van der Waals surface area contributed by atoms with Gasteiger partial charge in [0.1, 0.15) is 12.8 Å². The molecule has 8 heterocycles. The molecule has 2 aliphatic carbocycles. The molecule has 12 rings (SSSR count). The predicted molar refractivity (Wildman–Crippen MR) is 247 cm³/mol. The number of amides is 1. The summed E-state index contributed by atoms with van der Waals surface area (Å²) < 4.78 is 11.0. The zero-order valence-electron chi connectivity index (χ0n) is 36.6. The molecule has 19 nitrogen and oxygen atoms in total. The van der Waals surface area contributed by atoms with Crippen LogP contribution < -0.4 is 16.0 Å². The van der Waals surface area contributed by atoms with E-state index in [9.17, 15) is 9.59 Å². The first-order valence-electron chi connectivity index (χ1n) is 22.5. The molecule has 4 aromatic heterocycles. The zero-order valence-corrected chi connectivity index (χ0v) is 36.6. The van der Waals surface area contributed by atoms with Gasteiger partial charge in [0, 0.05) is 87.5 Å². The molecule has 1 atom stereocenters. The van der Waals surface area contributed by atoms with Crippen molar-refractivity contribution in [2.45, 2.75) is 75.9 Å². The van der Waals surface area contributed by atoms with Crippen LogP contribution in [-0.4, -0.2) is 119 Å². The number of fused-ring (bicyclic) bond motifs is 3. The average molecular weight is 901 g/mol. The van der Waals surface area contributed by atoms with Crippen molar-refractivity contribution in [3.63, 3.8) is 0 Å². The van der Waals surface area contributed by atoms with Gasteiger partial charge in [0.2, 0.25) is 29.6 Å². The lowest BCUT2D eigenvalue weighted by Gasteiger charge is -2.27. The second kappa shape index (κ2) is 19.7. The number of carbonyl (C=O) groups is 2. The first-order valence-corrected chi connectivity index (χ1v) is 22.5. The Kier molecular flexibility index (Phi) is 12.7. The molecule has 6 aromatic rings. The van der Waals surface area contributed by atoms with E-state index in [0.717, 1.165) is 57.3 Å². The third-order valence-corrected chi connectivity index (χ3v) is 12.4. The van der Waals surface area contributed by atoms with Crippen LogP contribution in [0.3, 0.4) is 0 Å². The Balaban J connectivity index is 0.000000135. The van der Waals surface area contributed by atoms with Gasteiger partial charge >= 0.3 is 5.97 Å². The number of carbonyl (C=O) groups excluding carboxylic acids is 1. The third-order valence-electron chi connectivity index (χ3n) is 12.4. The Bertz CT molecular complexity index is 2820. The Morgan fingerprint density at radius 1 is 0.746 bits per heavy atom. The number of aromatic nitrogens is 8. The maximum Gasteiger partial charge on any atom is 0.312 e. The maximum atomic E-state index is 12.7. The number of nitrogens with one attached hydrogen (secondary N) is 3. The number of anilines is 2. The maximum absolute atomic E-state index is 12.7. The minimum atomic E-state index is -1.02. The van der Waals surface area contributed by atoms with Crippen molar-refractivity contribution in [2.75, 3.05) is 36.8 Å². The van der Waals surface area contributed by atoms with Crippen LogP contribution >= 0.6 is 0 Å². The van der Waals surface area contributed by atoms with E-state index in [0.29, 0.717) is 53.9 Å². The van der Waals surface area contributed by atoms with Gasteiger partial charge in [0.05, 0.1) is 17.2 Å². The number of aliphatic carboxylic acids is 1. The fraction of sp³-hybridized carbons (Fsp3) is 0.333. The van der Waals surface area contributed by atoms with Crippen LogP contribution in [0.25, 0.3) is 22.9 Å². The molecule has 1 amide bonds. The Hall–Kier alpha value is -7.80. The van der Waals surface area contributed by atoms with Gasteiger partial charge in [-0.15, -0.1) is 20.4 Å². The van der Waals surface area contributed by atoms with Crippen molar-refractivity contribution in [1.29, 1.82) is 0 Å². The van der Waals surface area contributed by atoms with Crippen LogP contribution in [0, 0.1) is 0 Å². The van der Waals surface area contributed by atoms with Crippen molar-refractivity contribution in [2.24, 2.45) is 9.98 Å². The second-order valence-corrected chi connectivity index (χ2v) is 17.0. The standard InChI is InChI=1S/C24H23N7O2.C17H15N5O3.C7H10N2/c32-22(31-8-6-20-17(14-31)5-7-25-20)11-21-29-30-23(33-21)18-12-26-24(27-13-18)28-19-9-15-3-1-2-4-16(15)10-19;23-15(24)7-14-21-22-16(25-14)12-8-18-17(19-9-12)20-13-5-10-3-1-2-4-11(10)6-13;1-4-9-7-2-3-8-5-6(1)7/h1-4,7,12-13,19H,5-6,8-11,14H2,(H,26,27,28);1-4,8-9,13H,5-7H2,(H,23,24)(H,18,19,20);1,4,7-8H,2-3,5H2. The number of hydrogen-bond donors (Lipinski definition) is 4. The molecule has 19 heteroatoms. The summed E-state index contributed by atoms with van der Waals surface area (Å²) >= 11 is 0. The molecule has 67 heavy (non-hydrogen) atoms. The van der Waals surface area contributed by atoms with E-state index in [2.05, 4.69) is 121 Å². The van der Waals surface area contributed by atoms with Gasteiger partial charge in [-0.2, -0.15) is 0 Å². The fourth-order valence-electron chi connectivity index (χ4n) is 8.96. The van der Waals surface area contributed by atoms with Gasteiger partial charge in [-0.1, -0.05) is 48.5 Å². The van der Waals surface area contributed by atoms with Crippen molar-refractivity contribution in [3.8, 4) is 22.9 Å². The molecular formula is C48H48N14O5. The number of carboxylic acids is 1. The van der Waals surface area contributed by atoms with E-state index in [4.69, 9.17) is 13.9 Å². The number of benzene rings is 2. The smallest absolute Gasteiger partial charge is 0.312 e. The molecule has 340 valence electrons. The van der Waals surface area contributed by atoms with E-state index in [1.54, 1.807) is 24.8 Å². The lowest BCUT2D eigenvalue weighted by molar-refractivity contribution is -0.136. The van der Waals surface area contributed by atoms with Crippen LogP contribution in [0.2, 0.25) is 0 Å². The summed E-state index contributed by atoms with van der Waals surface area (Å²) in [7, 11) is 0. The van der Waals surface area contributed by atoms with E-state index in [1.165, 1.54) is 39.8 Å². The minimum absolute atomic E-state index is 0.0167. The molecular weight excluding hydrogens is 853 g/mol. The highest BCUT2D eigenvalue weighted by molar-refractivity contribution is 5.79. The lowest BCUT2D eigenvalue weighted by atomic mass is 10.0. The normalized spacial score (nSPS) is 17.9. The molecule has 0 spiro atoms. The zero-order chi connectivity index (χ0) is 45.5. The Labute approximate surface area is 385 Å². The summed E-state index contributed by atoms with van der Waals surface area (Å²) in [6.07, 6.45) is 18.9. The number of allylic oxidation sites excluding steroid dienone is 1. The van der Waals surface area contributed by atoms with Gasteiger partial charge in [-0.25, -0.2) is 19.9 Å². The quantitative estimate of drug-likeness (QED) is 0.145. The molecule has 6 aliphatic rings. The minimum Gasteiger partial charge on any atom is -0.481 e. The highest BCUT2D eigenvalue weighted by atomic mass is 16.4. The molecule has 0 radical (unpaired) electrons. The van der Waals surface area contributed by atoms with E-state index < -0.39 is 5.97 Å². The third kappa shape index (κ3) is 10.5. The van der Waals surface area contributed by atoms with Crippen LogP contribution in [0.1, 0.15) is 53.3 Å². The van der Waals surface area contributed by atoms with Crippen LogP contribution in [0.4, 0.5) is 11.9 Å². The Morgan fingerprint density at radius 2 is 1.30 bits per heavy atom. The summed E-state index contributed by atoms with van der Waals surface area (Å²) in [6.45, 7) is 3.47. The number of piperidine rings is 1. The summed E-state index contributed by atoms with van der Waals surface area (Å²) in [5.74, 6) is 0.923. The molecule has 1 unspecified atom stereocenters. The van der Waals surface area contributed by atoms with Gasteiger partial charge in [0.15, 0.2) is 0 Å². The molecule has 4 aliphatic heterocycles. The number of nitrogens with zero attached hydrogens (tertiary/aromatic N) is 11. The van der Waals surface area contributed by atoms with Crippen LogP contribution in [0.5, 0.6) is 0 Å². The molecule has 2 aromatic carbocycles. The van der Waals surface area contributed by atoms with E-state index in [-0.39, 0.29) is 42.6 Å². The summed E-state index contributed by atoms with van der Waals surface area (Å²) in [4.78, 5) is 51.2. The fourth-order valence-corrected chi connectivity index (χ4v) is 8.96. The van der Waals surface area contributed by atoms with E-state index in [1.807, 2.05) is 17.3 Å². The van der Waals surface area contributed by atoms with Gasteiger partial charge < -0.3 is 34.8 Å². The molecule has 1 saturated heterocycles. The Morgan fingerprint density at radius 3 is 1.84 bits per heavy atom. The van der Waals surface area contributed by atoms with Crippen LogP contribution in [0.15, 0.2) is 115 Å². The van der Waals surface area contributed by atoms with E-state index >= 15 is 0 Å². The SMILES string of the molecule is C1=NC2CCNCC2=C1.O=C(Cc1nnc(-c2cnc(NC3Cc4ccccc4C3)nc2)o1)N1CCC2=C(CC=N2)C1.O=C(O)Cc1nnc(-c2cnc(NC3Cc4ccccc4C3)nc2)o1. The van der Waals surface area contributed by atoms with Gasteiger partial charge in [0.25, 0.3) is 11.8 Å². The predicted octanol–water partition coefficient (Wildman–Crippen LogP) is 4.70. The first kappa shape index (κ1) is 43.1. The molecule has 0 bridgehead atoms. The highest BCUT2D eigenvalue weighted by Gasteiger charge is 2.27. The highest BCUT2D eigenvalue weighted by Crippen LogP contribution is 2.28. The summed E-state index contributed by atoms with van der Waals surface area (Å²) in [5, 5.41) is 34.4. The number of hydrogen-bond acceptors (Lipinski definition) is 17. The average Bonchev–Trinajstić information content (AvgIpc) is 4.22. The van der Waals surface area contributed by atoms with Crippen molar-refractivity contribution in [3.05, 3.63) is 130 Å².